The van der Waals surface area contributed by atoms with Gasteiger partial charge in [-0.15, -0.1) is 11.3 Å². The normalized spacial score (nSPS) is 11.0. The number of amides is 1. The summed E-state index contributed by atoms with van der Waals surface area (Å²) in [6, 6.07) is 15.6. The molecule has 0 aliphatic heterocycles. The van der Waals surface area contributed by atoms with Crippen molar-refractivity contribution >= 4 is 38.1 Å². The van der Waals surface area contributed by atoms with Crippen LogP contribution in [0.2, 0.25) is 0 Å². The largest absolute Gasteiger partial charge is 0.310 e. The Kier molecular flexibility index (Phi) is 7.05. The number of benzene rings is 2. The van der Waals surface area contributed by atoms with Crippen LogP contribution in [0.5, 0.6) is 0 Å². The molecule has 1 aromatic heterocycles. The van der Waals surface area contributed by atoms with Crippen LogP contribution >= 0.6 is 11.3 Å². The topological polar surface area (TPSA) is 94.4 Å². The van der Waals surface area contributed by atoms with Crippen molar-refractivity contribution in [2.45, 2.75) is 25.2 Å². The monoisotopic (exact) mass is 454 g/mol. The number of anilines is 2. The van der Waals surface area contributed by atoms with Gasteiger partial charge in [0.25, 0.3) is 10.0 Å². The molecule has 0 N–H and O–H groups in total. The lowest BCUT2D eigenvalue weighted by Gasteiger charge is -2.27. The third kappa shape index (κ3) is 5.10. The molecule has 0 spiro atoms. The Morgan fingerprint density at radius 2 is 1.87 bits per heavy atom. The van der Waals surface area contributed by atoms with Gasteiger partial charge in [0, 0.05) is 23.8 Å². The summed E-state index contributed by atoms with van der Waals surface area (Å²) in [6.07, 6.45) is 1.62. The molecule has 0 atom stereocenters. The molecule has 0 aliphatic rings. The van der Waals surface area contributed by atoms with E-state index in [0.29, 0.717) is 5.69 Å². The molecular formula is C22H22N4O3S2. The first-order chi connectivity index (χ1) is 14.8. The Morgan fingerprint density at radius 3 is 2.48 bits per heavy atom. The lowest BCUT2D eigenvalue weighted by molar-refractivity contribution is -0.117. The third-order valence-electron chi connectivity index (χ3n) is 4.79. The molecule has 9 heteroatoms. The minimum Gasteiger partial charge on any atom is -0.310 e. The van der Waals surface area contributed by atoms with Crippen molar-refractivity contribution in [2.75, 3.05) is 22.3 Å². The number of carbonyl (C=O) groups excluding carboxylic acids is 1. The molecule has 160 valence electrons. The standard InChI is InChI=1S/C22H22N4O3S2/c1-17-9-10-19(15-18(17)2)25(13-6-11-23)21(27)16-26(22-24-12-14-30-22)31(28,29)20-7-4-3-5-8-20/h3-5,7-10,12,14-15H,6,13,16H2,1-2H3. The second-order valence-electron chi connectivity index (χ2n) is 6.86. The fourth-order valence-corrected chi connectivity index (χ4v) is 5.23. The number of hydrogen-bond donors (Lipinski definition) is 0. The highest BCUT2D eigenvalue weighted by Gasteiger charge is 2.31. The van der Waals surface area contributed by atoms with Gasteiger partial charge in [-0.1, -0.05) is 24.3 Å². The zero-order chi connectivity index (χ0) is 22.4. The highest BCUT2D eigenvalue weighted by Crippen LogP contribution is 2.27. The average molecular weight is 455 g/mol. The molecule has 0 radical (unpaired) electrons. The van der Waals surface area contributed by atoms with Crippen LogP contribution in [0.25, 0.3) is 0 Å². The maximum atomic E-state index is 13.3. The number of aromatic nitrogens is 1. The fourth-order valence-electron chi connectivity index (χ4n) is 2.98. The first-order valence-corrected chi connectivity index (χ1v) is 11.9. The Balaban J connectivity index is 1.98. The van der Waals surface area contributed by atoms with E-state index in [0.717, 1.165) is 26.8 Å². The Bertz CT molecular complexity index is 1190. The lowest BCUT2D eigenvalue weighted by Crippen LogP contribution is -2.43. The predicted octanol–water partition coefficient (Wildman–Crippen LogP) is 3.90. The van der Waals surface area contributed by atoms with Gasteiger partial charge in [-0.3, -0.25) is 4.79 Å². The van der Waals surface area contributed by atoms with E-state index in [1.165, 1.54) is 23.2 Å². The van der Waals surface area contributed by atoms with E-state index < -0.39 is 22.5 Å². The minimum absolute atomic E-state index is 0.0766. The van der Waals surface area contributed by atoms with Crippen molar-refractivity contribution in [1.82, 2.24) is 4.98 Å². The molecule has 7 nitrogen and oxygen atoms in total. The third-order valence-corrected chi connectivity index (χ3v) is 7.45. The number of carbonyl (C=O) groups is 1. The summed E-state index contributed by atoms with van der Waals surface area (Å²) in [5, 5.41) is 10.9. The van der Waals surface area contributed by atoms with E-state index >= 15 is 0 Å². The van der Waals surface area contributed by atoms with E-state index in [4.69, 9.17) is 5.26 Å². The van der Waals surface area contributed by atoms with E-state index in [-0.39, 0.29) is 23.0 Å². The van der Waals surface area contributed by atoms with Crippen molar-refractivity contribution < 1.29 is 13.2 Å². The Labute approximate surface area is 186 Å². The van der Waals surface area contributed by atoms with Gasteiger partial charge in [-0.05, 0) is 49.2 Å². The molecule has 0 bridgehead atoms. The first-order valence-electron chi connectivity index (χ1n) is 9.56. The molecule has 0 aliphatic carbocycles. The summed E-state index contributed by atoms with van der Waals surface area (Å²) in [5.74, 6) is -0.437. The minimum atomic E-state index is -4.00. The zero-order valence-corrected chi connectivity index (χ0v) is 18.9. The molecular weight excluding hydrogens is 432 g/mol. The molecule has 31 heavy (non-hydrogen) atoms. The Morgan fingerprint density at radius 1 is 1.13 bits per heavy atom. The predicted molar refractivity (Wildman–Crippen MR) is 122 cm³/mol. The molecule has 2 aromatic carbocycles. The molecule has 0 fully saturated rings. The van der Waals surface area contributed by atoms with Crippen LogP contribution in [0.3, 0.4) is 0 Å². The Hall–Kier alpha value is -3.22. The number of thiazole rings is 1. The molecule has 1 heterocycles. The molecule has 0 unspecified atom stereocenters. The van der Waals surface area contributed by atoms with Gasteiger partial charge in [0.2, 0.25) is 5.91 Å². The fraction of sp³-hybridized carbons (Fsp3) is 0.227. The van der Waals surface area contributed by atoms with Crippen molar-refractivity contribution in [3.05, 3.63) is 71.2 Å². The number of nitrogens with zero attached hydrogens (tertiary/aromatic N) is 4. The molecule has 1 amide bonds. The number of aryl methyl sites for hydroxylation is 2. The summed E-state index contributed by atoms with van der Waals surface area (Å²) in [7, 11) is -4.00. The van der Waals surface area contributed by atoms with Crippen LogP contribution in [-0.2, 0) is 14.8 Å². The van der Waals surface area contributed by atoms with Crippen molar-refractivity contribution in [3.63, 3.8) is 0 Å². The quantitative estimate of drug-likeness (QED) is 0.514. The molecule has 3 rings (SSSR count). The summed E-state index contributed by atoms with van der Waals surface area (Å²) in [4.78, 5) is 19.0. The van der Waals surface area contributed by atoms with Crippen LogP contribution < -0.4 is 9.21 Å². The van der Waals surface area contributed by atoms with Gasteiger partial charge in [0.1, 0.15) is 6.54 Å². The summed E-state index contributed by atoms with van der Waals surface area (Å²) in [6.45, 7) is 3.64. The zero-order valence-electron chi connectivity index (χ0n) is 17.2. The summed E-state index contributed by atoms with van der Waals surface area (Å²) < 4.78 is 27.6. The van der Waals surface area contributed by atoms with Crippen molar-refractivity contribution in [3.8, 4) is 6.07 Å². The van der Waals surface area contributed by atoms with Gasteiger partial charge < -0.3 is 4.90 Å². The number of nitriles is 1. The highest BCUT2D eigenvalue weighted by atomic mass is 32.2. The second kappa shape index (κ2) is 9.73. The van der Waals surface area contributed by atoms with Crippen molar-refractivity contribution in [2.24, 2.45) is 0 Å². The number of sulfonamides is 1. The van der Waals surface area contributed by atoms with Crippen molar-refractivity contribution in [1.29, 1.82) is 5.26 Å². The van der Waals surface area contributed by atoms with Gasteiger partial charge in [-0.2, -0.15) is 5.26 Å². The molecule has 3 aromatic rings. The summed E-state index contributed by atoms with van der Waals surface area (Å²) in [5.41, 5.74) is 2.70. The SMILES string of the molecule is Cc1ccc(N(CCC#N)C(=O)CN(c2nccs2)S(=O)(=O)c2ccccc2)cc1C. The highest BCUT2D eigenvalue weighted by molar-refractivity contribution is 7.93. The second-order valence-corrected chi connectivity index (χ2v) is 9.60. The lowest BCUT2D eigenvalue weighted by atomic mass is 10.1. The van der Waals surface area contributed by atoms with Crippen LogP contribution in [0, 0.1) is 25.2 Å². The molecule has 0 saturated carbocycles. The summed E-state index contributed by atoms with van der Waals surface area (Å²) >= 11 is 1.14. The van der Waals surface area contributed by atoms with Gasteiger partial charge >= 0.3 is 0 Å². The van der Waals surface area contributed by atoms with Gasteiger partial charge in [0.15, 0.2) is 5.13 Å². The van der Waals surface area contributed by atoms with E-state index in [1.807, 2.05) is 32.0 Å². The van der Waals surface area contributed by atoms with E-state index in [2.05, 4.69) is 4.98 Å². The maximum Gasteiger partial charge on any atom is 0.266 e. The number of rotatable bonds is 8. The van der Waals surface area contributed by atoms with E-state index in [9.17, 15) is 13.2 Å². The van der Waals surface area contributed by atoms with Gasteiger partial charge in [-0.25, -0.2) is 17.7 Å². The van der Waals surface area contributed by atoms with E-state index in [1.54, 1.807) is 29.6 Å². The van der Waals surface area contributed by atoms with Crippen LogP contribution in [0.4, 0.5) is 10.8 Å². The van der Waals surface area contributed by atoms with Crippen LogP contribution in [0.15, 0.2) is 65.0 Å². The number of hydrogen-bond acceptors (Lipinski definition) is 6. The van der Waals surface area contributed by atoms with Crippen LogP contribution in [0.1, 0.15) is 17.5 Å². The molecule has 0 saturated heterocycles. The first kappa shape index (κ1) is 22.5. The smallest absolute Gasteiger partial charge is 0.266 e. The maximum absolute atomic E-state index is 13.3. The van der Waals surface area contributed by atoms with Gasteiger partial charge in [0.05, 0.1) is 17.4 Å². The van der Waals surface area contributed by atoms with Crippen LogP contribution in [-0.4, -0.2) is 32.4 Å². The average Bonchev–Trinajstić information content (AvgIpc) is 3.29.